The third-order valence-corrected chi connectivity index (χ3v) is 6.75. The average Bonchev–Trinajstić information content (AvgIpc) is 3.79. The summed E-state index contributed by atoms with van der Waals surface area (Å²) in [5.74, 6) is -0.310. The van der Waals surface area contributed by atoms with Crippen molar-refractivity contribution in [3.63, 3.8) is 0 Å². The van der Waals surface area contributed by atoms with E-state index in [1.165, 1.54) is 0 Å². The molecule has 2 amide bonds. The summed E-state index contributed by atoms with van der Waals surface area (Å²) in [7, 11) is 1.57. The largest absolute Gasteiger partial charge is 0.497 e. The van der Waals surface area contributed by atoms with Gasteiger partial charge in [-0.05, 0) is 29.7 Å². The molecule has 10 nitrogen and oxygen atoms in total. The molecule has 2 aromatic carbocycles. The number of benzene rings is 2. The molecule has 2 heterocycles. The van der Waals surface area contributed by atoms with Crippen LogP contribution in [0.5, 0.6) is 5.75 Å². The van der Waals surface area contributed by atoms with E-state index in [2.05, 4.69) is 10.6 Å². The Kier molecular flexibility index (Phi) is 9.83. The van der Waals surface area contributed by atoms with Crippen molar-refractivity contribution in [2.45, 2.75) is 37.1 Å². The first-order chi connectivity index (χ1) is 18.5. The van der Waals surface area contributed by atoms with Gasteiger partial charge < -0.3 is 30.0 Å². The number of amides is 2. The zero-order chi connectivity index (χ0) is 26.9. The third-order valence-electron chi connectivity index (χ3n) is 6.75. The van der Waals surface area contributed by atoms with Crippen LogP contribution in [0, 0.1) is 0 Å². The fourth-order valence-electron chi connectivity index (χ4n) is 4.48. The molecule has 2 aliphatic heterocycles. The predicted molar refractivity (Wildman–Crippen MR) is 139 cm³/mol. The van der Waals surface area contributed by atoms with Gasteiger partial charge in [-0.25, -0.2) is 0 Å². The van der Waals surface area contributed by atoms with Crippen LogP contribution in [-0.4, -0.2) is 98.5 Å². The molecule has 2 fully saturated rings. The van der Waals surface area contributed by atoms with Gasteiger partial charge in [-0.2, -0.15) is 0 Å². The standard InChI is InChI=1S/C28H35N3O7/c1-36-22-9-7-20(8-10-22)14-24(29-26(33)15-31-11-12-37-17-21(31)16-32)28(35)30-23(27(34)25-18-38-25)13-19-5-3-2-4-6-19/h2-10,21,23-25,32H,11-18H2,1H3,(H,29,33)(H,30,35)/t21-,23+,24+,25-/m1/s1. The van der Waals surface area contributed by atoms with Gasteiger partial charge in [0.2, 0.25) is 11.8 Å². The maximum Gasteiger partial charge on any atom is 0.243 e. The number of hydrogen-bond acceptors (Lipinski definition) is 8. The molecule has 0 spiro atoms. The fourth-order valence-corrected chi connectivity index (χ4v) is 4.48. The molecule has 0 unspecified atom stereocenters. The Hall–Kier alpha value is -3.31. The number of ether oxygens (including phenoxy) is 3. The van der Waals surface area contributed by atoms with Gasteiger partial charge in [0.05, 0.1) is 52.2 Å². The fraction of sp³-hybridized carbons (Fsp3) is 0.464. The lowest BCUT2D eigenvalue weighted by Crippen LogP contribution is -2.56. The molecular formula is C28H35N3O7. The van der Waals surface area contributed by atoms with E-state index in [-0.39, 0.29) is 37.3 Å². The molecule has 4 rings (SSSR count). The van der Waals surface area contributed by atoms with Crippen LogP contribution in [0.25, 0.3) is 0 Å². The highest BCUT2D eigenvalue weighted by molar-refractivity contribution is 5.96. The number of aliphatic hydroxyl groups is 1. The van der Waals surface area contributed by atoms with Crippen molar-refractivity contribution in [3.8, 4) is 5.75 Å². The molecule has 0 radical (unpaired) electrons. The summed E-state index contributed by atoms with van der Waals surface area (Å²) in [5, 5.41) is 15.4. The second-order valence-electron chi connectivity index (χ2n) is 9.53. The van der Waals surface area contributed by atoms with E-state index in [0.29, 0.717) is 38.5 Å². The second-order valence-corrected chi connectivity index (χ2v) is 9.53. The number of methoxy groups -OCH3 is 1. The Bertz CT molecular complexity index is 1080. The number of Topliss-reactive ketones (excluding diaryl/α,β-unsaturated/α-hetero) is 1. The first kappa shape index (κ1) is 27.7. The number of epoxide rings is 1. The molecule has 3 N–H and O–H groups in total. The van der Waals surface area contributed by atoms with Gasteiger partial charge in [0.25, 0.3) is 0 Å². The van der Waals surface area contributed by atoms with Gasteiger partial charge in [-0.3, -0.25) is 19.3 Å². The van der Waals surface area contributed by atoms with Crippen molar-refractivity contribution in [2.75, 3.05) is 46.6 Å². The number of rotatable bonds is 13. The minimum atomic E-state index is -0.921. The molecule has 0 saturated carbocycles. The maximum absolute atomic E-state index is 13.5. The maximum atomic E-state index is 13.5. The Morgan fingerprint density at radius 3 is 2.34 bits per heavy atom. The van der Waals surface area contributed by atoms with Crippen LogP contribution in [0.3, 0.4) is 0 Å². The van der Waals surface area contributed by atoms with Crippen LogP contribution in [0.15, 0.2) is 54.6 Å². The zero-order valence-electron chi connectivity index (χ0n) is 21.5. The molecule has 2 saturated heterocycles. The zero-order valence-corrected chi connectivity index (χ0v) is 21.5. The smallest absolute Gasteiger partial charge is 0.243 e. The topological polar surface area (TPSA) is 130 Å². The lowest BCUT2D eigenvalue weighted by Gasteiger charge is -2.34. The molecular weight excluding hydrogens is 490 g/mol. The molecule has 2 aromatic rings. The van der Waals surface area contributed by atoms with E-state index in [9.17, 15) is 19.5 Å². The number of carbonyl (C=O) groups is 3. The molecule has 38 heavy (non-hydrogen) atoms. The first-order valence-corrected chi connectivity index (χ1v) is 12.8. The molecule has 2 aliphatic rings. The molecule has 0 aliphatic carbocycles. The van der Waals surface area contributed by atoms with Crippen molar-refractivity contribution in [1.82, 2.24) is 15.5 Å². The van der Waals surface area contributed by atoms with Gasteiger partial charge in [0, 0.05) is 13.0 Å². The molecule has 204 valence electrons. The van der Waals surface area contributed by atoms with E-state index < -0.39 is 24.1 Å². The van der Waals surface area contributed by atoms with E-state index >= 15 is 0 Å². The quantitative estimate of drug-likeness (QED) is 0.314. The van der Waals surface area contributed by atoms with Crippen LogP contribution < -0.4 is 15.4 Å². The van der Waals surface area contributed by atoms with Gasteiger partial charge >= 0.3 is 0 Å². The van der Waals surface area contributed by atoms with Crippen LogP contribution in [0.1, 0.15) is 11.1 Å². The summed E-state index contributed by atoms with van der Waals surface area (Å²) in [6, 6.07) is 14.7. The predicted octanol–water partition coefficient (Wildman–Crippen LogP) is 0.111. The Morgan fingerprint density at radius 1 is 1.00 bits per heavy atom. The number of ketones is 1. The SMILES string of the molecule is COc1ccc(C[C@H](NC(=O)CN2CCOC[C@H]2CO)C(=O)N[C@@H](Cc2ccccc2)C(=O)[C@H]2CO2)cc1. The number of aliphatic hydroxyl groups excluding tert-OH is 1. The number of nitrogens with one attached hydrogen (secondary N) is 2. The van der Waals surface area contributed by atoms with Crippen molar-refractivity contribution in [1.29, 1.82) is 0 Å². The van der Waals surface area contributed by atoms with Gasteiger partial charge in [0.15, 0.2) is 5.78 Å². The summed E-state index contributed by atoms with van der Waals surface area (Å²) >= 11 is 0. The second kappa shape index (κ2) is 13.5. The van der Waals surface area contributed by atoms with E-state index in [1.807, 2.05) is 47.4 Å². The summed E-state index contributed by atoms with van der Waals surface area (Å²) in [6.07, 6.45) is 0.0242. The summed E-state index contributed by atoms with van der Waals surface area (Å²) in [5.41, 5.74) is 1.73. The van der Waals surface area contributed by atoms with Crippen molar-refractivity contribution < 1.29 is 33.7 Å². The third kappa shape index (κ3) is 7.84. The van der Waals surface area contributed by atoms with E-state index in [0.717, 1.165) is 11.1 Å². The van der Waals surface area contributed by atoms with Crippen molar-refractivity contribution >= 4 is 17.6 Å². The summed E-state index contributed by atoms with van der Waals surface area (Å²) in [4.78, 5) is 41.4. The van der Waals surface area contributed by atoms with Crippen LogP contribution >= 0.6 is 0 Å². The highest BCUT2D eigenvalue weighted by Gasteiger charge is 2.38. The van der Waals surface area contributed by atoms with E-state index in [4.69, 9.17) is 14.2 Å². The lowest BCUT2D eigenvalue weighted by molar-refractivity contribution is -0.133. The van der Waals surface area contributed by atoms with Crippen LogP contribution in [-0.2, 0) is 36.7 Å². The number of nitrogens with zero attached hydrogens (tertiary/aromatic N) is 1. The molecule has 10 heteroatoms. The number of carbonyl (C=O) groups excluding carboxylic acids is 3. The Morgan fingerprint density at radius 2 is 1.68 bits per heavy atom. The number of hydrogen-bond donors (Lipinski definition) is 3. The van der Waals surface area contributed by atoms with Gasteiger partial charge in [0.1, 0.15) is 17.9 Å². The van der Waals surface area contributed by atoms with Crippen LogP contribution in [0.2, 0.25) is 0 Å². The normalized spacial score (nSPS) is 20.7. The molecule has 4 atom stereocenters. The Labute approximate surface area is 222 Å². The number of morpholine rings is 1. The van der Waals surface area contributed by atoms with Crippen molar-refractivity contribution in [2.24, 2.45) is 0 Å². The monoisotopic (exact) mass is 525 g/mol. The summed E-state index contributed by atoms with van der Waals surface area (Å²) < 4.78 is 15.8. The van der Waals surface area contributed by atoms with E-state index in [1.54, 1.807) is 19.2 Å². The lowest BCUT2D eigenvalue weighted by atomic mass is 9.99. The van der Waals surface area contributed by atoms with Gasteiger partial charge in [-0.15, -0.1) is 0 Å². The first-order valence-electron chi connectivity index (χ1n) is 12.8. The average molecular weight is 526 g/mol. The summed E-state index contributed by atoms with van der Waals surface area (Å²) in [6.45, 7) is 1.54. The molecule has 0 bridgehead atoms. The highest BCUT2D eigenvalue weighted by atomic mass is 16.6. The Balaban J connectivity index is 1.48. The minimum Gasteiger partial charge on any atom is -0.497 e. The minimum absolute atomic E-state index is 0.0171. The van der Waals surface area contributed by atoms with Crippen molar-refractivity contribution in [3.05, 3.63) is 65.7 Å². The molecule has 0 aromatic heterocycles. The van der Waals surface area contributed by atoms with Crippen LogP contribution in [0.4, 0.5) is 0 Å². The highest BCUT2D eigenvalue weighted by Crippen LogP contribution is 2.17. The van der Waals surface area contributed by atoms with Gasteiger partial charge in [-0.1, -0.05) is 42.5 Å².